The summed E-state index contributed by atoms with van der Waals surface area (Å²) in [6, 6.07) is 7.34. The molecular formula is C13H22O2. The summed E-state index contributed by atoms with van der Waals surface area (Å²) in [6.45, 7) is 9.88. The molecular weight excluding hydrogens is 188 g/mol. The van der Waals surface area contributed by atoms with Crippen molar-refractivity contribution in [3.63, 3.8) is 0 Å². The zero-order chi connectivity index (χ0) is 12.3. The van der Waals surface area contributed by atoms with Crippen LogP contribution in [0.5, 0.6) is 0 Å². The van der Waals surface area contributed by atoms with Crippen molar-refractivity contribution in [2.75, 3.05) is 7.11 Å². The number of benzene rings is 1. The molecule has 0 saturated heterocycles. The van der Waals surface area contributed by atoms with Gasteiger partial charge in [0.15, 0.2) is 0 Å². The molecule has 2 nitrogen and oxygen atoms in total. The Kier molecular flexibility index (Phi) is 11.6. The van der Waals surface area contributed by atoms with Crippen LogP contribution < -0.4 is 0 Å². The molecule has 1 aromatic carbocycles. The van der Waals surface area contributed by atoms with Crippen molar-refractivity contribution >= 4 is 5.97 Å². The Bertz CT molecular complexity index is 267. The molecule has 0 bridgehead atoms. The topological polar surface area (TPSA) is 26.3 Å². The van der Waals surface area contributed by atoms with E-state index in [2.05, 4.69) is 4.74 Å². The molecule has 1 rings (SSSR count). The van der Waals surface area contributed by atoms with E-state index in [1.807, 2.05) is 52.8 Å². The zero-order valence-corrected chi connectivity index (χ0v) is 10.6. The highest BCUT2D eigenvalue weighted by molar-refractivity contribution is 5.90. The highest BCUT2D eigenvalue weighted by atomic mass is 16.5. The van der Waals surface area contributed by atoms with Crippen molar-refractivity contribution < 1.29 is 9.53 Å². The van der Waals surface area contributed by atoms with E-state index in [-0.39, 0.29) is 5.97 Å². The molecule has 1 aromatic rings. The molecule has 86 valence electrons. The van der Waals surface area contributed by atoms with Crippen molar-refractivity contribution in [3.8, 4) is 0 Å². The van der Waals surface area contributed by atoms with Crippen molar-refractivity contribution in [1.29, 1.82) is 0 Å². The molecule has 0 unspecified atom stereocenters. The maximum absolute atomic E-state index is 11.0. The van der Waals surface area contributed by atoms with E-state index in [0.29, 0.717) is 5.56 Å². The Morgan fingerprint density at radius 1 is 1.07 bits per heavy atom. The third kappa shape index (κ3) is 5.89. The minimum Gasteiger partial charge on any atom is -0.465 e. The third-order valence-electron chi connectivity index (χ3n) is 1.55. The molecule has 0 heterocycles. The van der Waals surface area contributed by atoms with E-state index in [1.165, 1.54) is 7.11 Å². The summed E-state index contributed by atoms with van der Waals surface area (Å²) in [4.78, 5) is 11.0. The lowest BCUT2D eigenvalue weighted by molar-refractivity contribution is 0.0600. The van der Waals surface area contributed by atoms with Gasteiger partial charge in [-0.1, -0.05) is 45.9 Å². The molecule has 0 aliphatic rings. The molecule has 0 radical (unpaired) electrons. The van der Waals surface area contributed by atoms with Crippen LogP contribution in [0.1, 0.15) is 43.6 Å². The van der Waals surface area contributed by atoms with E-state index in [0.717, 1.165) is 5.56 Å². The molecule has 0 aliphatic carbocycles. The van der Waals surface area contributed by atoms with Gasteiger partial charge in [0.2, 0.25) is 0 Å². The van der Waals surface area contributed by atoms with Gasteiger partial charge >= 0.3 is 5.97 Å². The molecule has 0 atom stereocenters. The fraction of sp³-hybridized carbons (Fsp3) is 0.462. The molecule has 0 spiro atoms. The van der Waals surface area contributed by atoms with Gasteiger partial charge in [-0.2, -0.15) is 0 Å². The van der Waals surface area contributed by atoms with Gasteiger partial charge in [0.05, 0.1) is 12.7 Å². The van der Waals surface area contributed by atoms with E-state index >= 15 is 0 Å². The van der Waals surface area contributed by atoms with Gasteiger partial charge in [-0.15, -0.1) is 0 Å². The van der Waals surface area contributed by atoms with Gasteiger partial charge in [0.1, 0.15) is 0 Å². The largest absolute Gasteiger partial charge is 0.465 e. The third-order valence-corrected chi connectivity index (χ3v) is 1.55. The summed E-state index contributed by atoms with van der Waals surface area (Å²) in [5, 5.41) is 0. The normalized spacial score (nSPS) is 7.60. The average Bonchev–Trinajstić information content (AvgIpc) is 2.34. The molecule has 15 heavy (non-hydrogen) atoms. The number of carbonyl (C=O) groups is 1. The van der Waals surface area contributed by atoms with Crippen LogP contribution in [0, 0.1) is 6.92 Å². The number of hydrogen-bond donors (Lipinski definition) is 0. The van der Waals surface area contributed by atoms with E-state index in [4.69, 9.17) is 0 Å². The minimum absolute atomic E-state index is 0.275. The Labute approximate surface area is 93.3 Å². The fourth-order valence-electron chi connectivity index (χ4n) is 0.912. The van der Waals surface area contributed by atoms with Crippen LogP contribution in [0.25, 0.3) is 0 Å². The highest BCUT2D eigenvalue weighted by Gasteiger charge is 2.05. The van der Waals surface area contributed by atoms with E-state index < -0.39 is 0 Å². The second-order valence-corrected chi connectivity index (χ2v) is 2.31. The Morgan fingerprint density at radius 2 is 1.53 bits per heavy atom. The molecule has 0 saturated carbocycles. The van der Waals surface area contributed by atoms with E-state index in [1.54, 1.807) is 6.07 Å². The first-order valence-corrected chi connectivity index (χ1v) is 5.39. The lowest BCUT2D eigenvalue weighted by Crippen LogP contribution is -2.02. The van der Waals surface area contributed by atoms with Crippen LogP contribution in [0.15, 0.2) is 24.3 Å². The van der Waals surface area contributed by atoms with Gasteiger partial charge in [-0.05, 0) is 18.6 Å². The predicted molar refractivity (Wildman–Crippen MR) is 65.2 cm³/mol. The van der Waals surface area contributed by atoms with Crippen LogP contribution in [0.2, 0.25) is 0 Å². The summed E-state index contributed by atoms with van der Waals surface area (Å²) in [7, 11) is 1.38. The molecule has 0 aliphatic heterocycles. The number of hydrogen-bond acceptors (Lipinski definition) is 2. The first-order chi connectivity index (χ1) is 7.25. The van der Waals surface area contributed by atoms with Crippen LogP contribution in [-0.2, 0) is 4.74 Å². The summed E-state index contributed by atoms with van der Waals surface area (Å²) in [6.07, 6.45) is 0. The maximum Gasteiger partial charge on any atom is 0.338 e. The minimum atomic E-state index is -0.275. The SMILES string of the molecule is CC.CC.COC(=O)c1ccccc1C. The monoisotopic (exact) mass is 210 g/mol. The Balaban J connectivity index is 0. The summed E-state index contributed by atoms with van der Waals surface area (Å²) >= 11 is 0. The van der Waals surface area contributed by atoms with E-state index in [9.17, 15) is 4.79 Å². The Hall–Kier alpha value is -1.31. The number of carbonyl (C=O) groups excluding carboxylic acids is 1. The summed E-state index contributed by atoms with van der Waals surface area (Å²) in [5.41, 5.74) is 1.58. The highest BCUT2D eigenvalue weighted by Crippen LogP contribution is 2.07. The predicted octanol–water partition coefficient (Wildman–Crippen LogP) is 3.83. The van der Waals surface area contributed by atoms with Gasteiger partial charge < -0.3 is 4.74 Å². The molecule has 0 amide bonds. The molecule has 0 fully saturated rings. The van der Waals surface area contributed by atoms with Gasteiger partial charge in [-0.25, -0.2) is 4.79 Å². The lowest BCUT2D eigenvalue weighted by Gasteiger charge is -2.00. The second-order valence-electron chi connectivity index (χ2n) is 2.31. The number of methoxy groups -OCH3 is 1. The first kappa shape index (κ1) is 16.1. The quantitative estimate of drug-likeness (QED) is 0.658. The molecule has 0 aromatic heterocycles. The first-order valence-electron chi connectivity index (χ1n) is 5.39. The van der Waals surface area contributed by atoms with Crippen molar-refractivity contribution in [3.05, 3.63) is 35.4 Å². The molecule has 2 heteroatoms. The summed E-state index contributed by atoms with van der Waals surface area (Å²) in [5.74, 6) is -0.275. The number of esters is 1. The number of rotatable bonds is 1. The maximum atomic E-state index is 11.0. The number of aryl methyl sites for hydroxylation is 1. The van der Waals surface area contributed by atoms with Crippen LogP contribution in [0.3, 0.4) is 0 Å². The molecule has 0 N–H and O–H groups in total. The van der Waals surface area contributed by atoms with Crippen LogP contribution >= 0.6 is 0 Å². The second kappa shape index (κ2) is 10.8. The van der Waals surface area contributed by atoms with Crippen molar-refractivity contribution in [2.45, 2.75) is 34.6 Å². The Morgan fingerprint density at radius 3 is 1.93 bits per heavy atom. The fourth-order valence-corrected chi connectivity index (χ4v) is 0.912. The average molecular weight is 210 g/mol. The zero-order valence-electron chi connectivity index (χ0n) is 10.6. The standard InChI is InChI=1S/C9H10O2.2C2H6/c1-7-5-3-4-6-8(7)9(10)11-2;2*1-2/h3-6H,1-2H3;2*1-2H3. The van der Waals surface area contributed by atoms with Crippen LogP contribution in [0.4, 0.5) is 0 Å². The summed E-state index contributed by atoms with van der Waals surface area (Å²) < 4.78 is 4.58. The number of ether oxygens (including phenoxy) is 1. The smallest absolute Gasteiger partial charge is 0.338 e. The van der Waals surface area contributed by atoms with Gasteiger partial charge in [0, 0.05) is 0 Å². The van der Waals surface area contributed by atoms with Crippen molar-refractivity contribution in [2.24, 2.45) is 0 Å². The van der Waals surface area contributed by atoms with Gasteiger partial charge in [0.25, 0.3) is 0 Å². The van der Waals surface area contributed by atoms with Crippen LogP contribution in [-0.4, -0.2) is 13.1 Å². The van der Waals surface area contributed by atoms with Gasteiger partial charge in [-0.3, -0.25) is 0 Å². The van der Waals surface area contributed by atoms with Crippen molar-refractivity contribution in [1.82, 2.24) is 0 Å². The lowest BCUT2D eigenvalue weighted by atomic mass is 10.1.